The van der Waals surface area contributed by atoms with Crippen LogP contribution in [0.2, 0.25) is 0 Å². The average molecular weight is 423 g/mol. The SMILES string of the molecule is CCc1nsc(N2CCCN(c3ccc(S(=O)(=O)N4CCCC4)cn3)CC2)n1. The van der Waals surface area contributed by atoms with Gasteiger partial charge in [-0.2, -0.15) is 8.68 Å². The fraction of sp³-hybridized carbons (Fsp3) is 0.611. The van der Waals surface area contributed by atoms with Gasteiger partial charge in [0.15, 0.2) is 0 Å². The first-order valence-corrected chi connectivity index (χ1v) is 12.1. The van der Waals surface area contributed by atoms with E-state index >= 15 is 0 Å². The highest BCUT2D eigenvalue weighted by atomic mass is 32.2. The summed E-state index contributed by atoms with van der Waals surface area (Å²) in [4.78, 5) is 13.9. The molecule has 2 aliphatic heterocycles. The maximum atomic E-state index is 12.7. The van der Waals surface area contributed by atoms with Crippen molar-refractivity contribution in [2.24, 2.45) is 0 Å². The van der Waals surface area contributed by atoms with Crippen molar-refractivity contribution in [1.29, 1.82) is 0 Å². The number of pyridine rings is 1. The Bertz CT molecular complexity index is 893. The molecule has 0 bridgehead atoms. The molecule has 152 valence electrons. The van der Waals surface area contributed by atoms with Crippen molar-refractivity contribution in [2.75, 3.05) is 49.1 Å². The van der Waals surface area contributed by atoms with Gasteiger partial charge < -0.3 is 9.80 Å². The van der Waals surface area contributed by atoms with Crippen LogP contribution in [-0.4, -0.2) is 66.3 Å². The second-order valence-electron chi connectivity index (χ2n) is 7.14. The van der Waals surface area contributed by atoms with Crippen molar-refractivity contribution in [3.8, 4) is 0 Å². The van der Waals surface area contributed by atoms with Crippen LogP contribution in [0.5, 0.6) is 0 Å². The van der Waals surface area contributed by atoms with Gasteiger partial charge in [-0.25, -0.2) is 18.4 Å². The van der Waals surface area contributed by atoms with Gasteiger partial charge in [0.1, 0.15) is 16.5 Å². The predicted molar refractivity (Wildman–Crippen MR) is 111 cm³/mol. The first kappa shape index (κ1) is 19.5. The molecule has 8 nitrogen and oxygen atoms in total. The molecule has 0 amide bonds. The van der Waals surface area contributed by atoms with Crippen LogP contribution in [0.3, 0.4) is 0 Å². The molecule has 4 rings (SSSR count). The predicted octanol–water partition coefficient (Wildman–Crippen LogP) is 2.00. The molecule has 0 unspecified atom stereocenters. The van der Waals surface area contributed by atoms with Crippen LogP contribution in [0.4, 0.5) is 10.9 Å². The zero-order valence-electron chi connectivity index (χ0n) is 16.1. The van der Waals surface area contributed by atoms with Crippen molar-refractivity contribution in [1.82, 2.24) is 18.6 Å². The Kier molecular flexibility index (Phi) is 5.79. The normalized spacial score (nSPS) is 19.2. The van der Waals surface area contributed by atoms with Crippen LogP contribution in [0.25, 0.3) is 0 Å². The molecule has 0 aromatic carbocycles. The largest absolute Gasteiger partial charge is 0.355 e. The van der Waals surface area contributed by atoms with Gasteiger partial charge in [-0.3, -0.25) is 0 Å². The summed E-state index contributed by atoms with van der Waals surface area (Å²) in [6.45, 7) is 6.79. The fourth-order valence-corrected chi connectivity index (χ4v) is 5.91. The molecular weight excluding hydrogens is 396 g/mol. The lowest BCUT2D eigenvalue weighted by atomic mass is 10.3. The molecule has 28 heavy (non-hydrogen) atoms. The Labute approximate surface area is 170 Å². The molecule has 0 spiro atoms. The van der Waals surface area contributed by atoms with Crippen molar-refractivity contribution < 1.29 is 8.42 Å². The third-order valence-corrected chi connectivity index (χ3v) is 7.98. The lowest BCUT2D eigenvalue weighted by Crippen LogP contribution is -2.31. The van der Waals surface area contributed by atoms with Crippen LogP contribution in [0.1, 0.15) is 32.0 Å². The third kappa shape index (κ3) is 3.99. The van der Waals surface area contributed by atoms with E-state index < -0.39 is 10.0 Å². The van der Waals surface area contributed by atoms with Crippen molar-refractivity contribution in [2.45, 2.75) is 37.5 Å². The van der Waals surface area contributed by atoms with Crippen LogP contribution < -0.4 is 9.80 Å². The number of nitrogens with zero attached hydrogens (tertiary/aromatic N) is 6. The van der Waals surface area contributed by atoms with E-state index in [0.717, 1.165) is 68.6 Å². The number of rotatable bonds is 5. The second-order valence-corrected chi connectivity index (χ2v) is 9.81. The summed E-state index contributed by atoms with van der Waals surface area (Å²) >= 11 is 1.46. The van der Waals surface area contributed by atoms with E-state index in [1.165, 1.54) is 17.7 Å². The van der Waals surface area contributed by atoms with E-state index in [0.29, 0.717) is 13.1 Å². The van der Waals surface area contributed by atoms with Crippen molar-refractivity contribution >= 4 is 32.5 Å². The minimum absolute atomic E-state index is 0.288. The van der Waals surface area contributed by atoms with Gasteiger partial charge in [0.05, 0.1) is 0 Å². The van der Waals surface area contributed by atoms with Gasteiger partial charge in [-0.05, 0) is 31.4 Å². The smallest absolute Gasteiger partial charge is 0.244 e. The van der Waals surface area contributed by atoms with E-state index in [1.54, 1.807) is 10.4 Å². The number of anilines is 2. The Morgan fingerprint density at radius 3 is 2.43 bits per heavy atom. The van der Waals surface area contributed by atoms with Gasteiger partial charge in [-0.15, -0.1) is 0 Å². The molecule has 2 aromatic rings. The van der Waals surface area contributed by atoms with Crippen LogP contribution >= 0.6 is 11.5 Å². The Morgan fingerprint density at radius 2 is 1.75 bits per heavy atom. The minimum atomic E-state index is -3.41. The summed E-state index contributed by atoms with van der Waals surface area (Å²) in [7, 11) is -3.41. The number of hydrogen-bond acceptors (Lipinski definition) is 8. The van der Waals surface area contributed by atoms with Gasteiger partial charge in [-0.1, -0.05) is 6.92 Å². The zero-order chi connectivity index (χ0) is 19.6. The highest BCUT2D eigenvalue weighted by Gasteiger charge is 2.27. The Morgan fingerprint density at radius 1 is 1.00 bits per heavy atom. The lowest BCUT2D eigenvalue weighted by Gasteiger charge is -2.23. The van der Waals surface area contributed by atoms with Crippen LogP contribution in [0.15, 0.2) is 23.2 Å². The highest BCUT2D eigenvalue weighted by Crippen LogP contribution is 2.24. The summed E-state index contributed by atoms with van der Waals surface area (Å²) in [5, 5.41) is 0.985. The zero-order valence-corrected chi connectivity index (χ0v) is 17.8. The second kappa shape index (κ2) is 8.30. The lowest BCUT2D eigenvalue weighted by molar-refractivity contribution is 0.477. The topological polar surface area (TPSA) is 82.5 Å². The van der Waals surface area contributed by atoms with Crippen LogP contribution in [-0.2, 0) is 16.4 Å². The molecular formula is C18H26N6O2S2. The van der Waals surface area contributed by atoms with Gasteiger partial charge in [0.2, 0.25) is 15.2 Å². The van der Waals surface area contributed by atoms with E-state index in [9.17, 15) is 8.42 Å². The van der Waals surface area contributed by atoms with Gasteiger partial charge in [0, 0.05) is 63.4 Å². The Balaban J connectivity index is 1.43. The van der Waals surface area contributed by atoms with E-state index in [4.69, 9.17) is 0 Å². The molecule has 10 heteroatoms. The minimum Gasteiger partial charge on any atom is -0.355 e. The summed E-state index contributed by atoms with van der Waals surface area (Å²) in [6, 6.07) is 3.52. The Hall–Kier alpha value is -1.78. The number of aryl methyl sites for hydroxylation is 1. The summed E-state index contributed by atoms with van der Waals surface area (Å²) in [6.07, 6.45) is 5.22. The summed E-state index contributed by atoms with van der Waals surface area (Å²) in [5.74, 6) is 1.73. The van der Waals surface area contributed by atoms with E-state index in [2.05, 4.69) is 31.1 Å². The third-order valence-electron chi connectivity index (χ3n) is 5.29. The molecule has 0 aliphatic carbocycles. The first-order chi connectivity index (χ1) is 13.6. The number of hydrogen-bond donors (Lipinski definition) is 0. The van der Waals surface area contributed by atoms with E-state index in [-0.39, 0.29) is 4.90 Å². The first-order valence-electron chi connectivity index (χ1n) is 9.86. The summed E-state index contributed by atoms with van der Waals surface area (Å²) < 4.78 is 31.3. The molecule has 0 radical (unpaired) electrons. The molecule has 2 aromatic heterocycles. The molecule has 0 saturated carbocycles. The molecule has 2 fully saturated rings. The molecule has 4 heterocycles. The molecule has 0 atom stereocenters. The standard InChI is InChI=1S/C18H26N6O2S2/c1-2-16-20-18(27-21-16)23-9-5-8-22(12-13-23)17-7-6-15(14-19-17)28(25,26)24-10-3-4-11-24/h6-7,14H,2-5,8-13H2,1H3. The van der Waals surface area contributed by atoms with Crippen molar-refractivity contribution in [3.05, 3.63) is 24.2 Å². The van der Waals surface area contributed by atoms with Crippen molar-refractivity contribution in [3.63, 3.8) is 0 Å². The summed E-state index contributed by atoms with van der Waals surface area (Å²) in [5.41, 5.74) is 0. The van der Waals surface area contributed by atoms with E-state index in [1.807, 2.05) is 6.07 Å². The number of sulfonamides is 1. The van der Waals surface area contributed by atoms with Crippen LogP contribution in [0, 0.1) is 0 Å². The number of aromatic nitrogens is 3. The maximum Gasteiger partial charge on any atom is 0.244 e. The maximum absolute atomic E-state index is 12.7. The molecule has 2 aliphatic rings. The average Bonchev–Trinajstić information content (AvgIpc) is 3.37. The fourth-order valence-electron chi connectivity index (χ4n) is 3.64. The van der Waals surface area contributed by atoms with Gasteiger partial charge >= 0.3 is 0 Å². The highest BCUT2D eigenvalue weighted by molar-refractivity contribution is 7.89. The molecule has 0 N–H and O–H groups in total. The quantitative estimate of drug-likeness (QED) is 0.729. The molecule has 2 saturated heterocycles. The van der Waals surface area contributed by atoms with Gasteiger partial charge in [0.25, 0.3) is 0 Å². The monoisotopic (exact) mass is 422 g/mol.